The molecule has 0 bridgehead atoms. The number of fused-ring (bicyclic) bond motifs is 1. The smallest absolute Gasteiger partial charge is 0.240 e. The first-order valence-electron chi connectivity index (χ1n) is 9.33. The van der Waals surface area contributed by atoms with Crippen LogP contribution in [0.2, 0.25) is 0 Å². The van der Waals surface area contributed by atoms with Gasteiger partial charge in [0.15, 0.2) is 5.16 Å². The lowest BCUT2D eigenvalue weighted by Gasteiger charge is -2.30. The Kier molecular flexibility index (Phi) is 5.55. The maximum Gasteiger partial charge on any atom is 0.240 e. The van der Waals surface area contributed by atoms with E-state index in [9.17, 15) is 4.79 Å². The summed E-state index contributed by atoms with van der Waals surface area (Å²) in [6, 6.07) is 10.00. The summed E-state index contributed by atoms with van der Waals surface area (Å²) >= 11 is 1.53. The Morgan fingerprint density at radius 2 is 1.85 bits per heavy atom. The minimum Gasteiger partial charge on any atom is -0.378 e. The molecule has 0 radical (unpaired) electrons. The van der Waals surface area contributed by atoms with Gasteiger partial charge in [0.25, 0.3) is 0 Å². The molecular weight excluding hydrogens is 348 g/mol. The van der Waals surface area contributed by atoms with Crippen molar-refractivity contribution in [1.29, 1.82) is 0 Å². The van der Waals surface area contributed by atoms with E-state index in [1.54, 1.807) is 0 Å². The fourth-order valence-electron chi connectivity index (χ4n) is 3.49. The molecule has 6 nitrogen and oxygen atoms in total. The van der Waals surface area contributed by atoms with Gasteiger partial charge < -0.3 is 14.2 Å². The van der Waals surface area contributed by atoms with Crippen molar-refractivity contribution < 1.29 is 9.53 Å². The Morgan fingerprint density at radius 1 is 1.04 bits per heavy atom. The minimum absolute atomic E-state index is 0.135. The van der Waals surface area contributed by atoms with Crippen molar-refractivity contribution in [1.82, 2.24) is 19.7 Å². The van der Waals surface area contributed by atoms with E-state index in [0.29, 0.717) is 26.3 Å². The molecule has 1 aromatic heterocycles. The average Bonchev–Trinajstić information content (AvgIpc) is 2.92. The van der Waals surface area contributed by atoms with E-state index < -0.39 is 0 Å². The van der Waals surface area contributed by atoms with Gasteiger partial charge >= 0.3 is 0 Å². The van der Waals surface area contributed by atoms with Gasteiger partial charge in [-0.1, -0.05) is 48.5 Å². The SMILES string of the molecule is O=C([C@H](Sc1nnc2n1CCCCC2)c1ccccc1)N1CCOCC1. The first-order chi connectivity index (χ1) is 12.8. The Labute approximate surface area is 157 Å². The second-order valence-corrected chi connectivity index (χ2v) is 7.78. The molecule has 1 amide bonds. The summed E-state index contributed by atoms with van der Waals surface area (Å²) in [5, 5.41) is 9.35. The van der Waals surface area contributed by atoms with Crippen molar-refractivity contribution in [3.8, 4) is 0 Å². The van der Waals surface area contributed by atoms with E-state index in [0.717, 1.165) is 42.4 Å². The largest absolute Gasteiger partial charge is 0.378 e. The predicted molar refractivity (Wildman–Crippen MR) is 100 cm³/mol. The highest BCUT2D eigenvalue weighted by Crippen LogP contribution is 2.37. The number of hydrogen-bond donors (Lipinski definition) is 0. The van der Waals surface area contributed by atoms with Crippen LogP contribution < -0.4 is 0 Å². The first kappa shape index (κ1) is 17.5. The Bertz CT molecular complexity index is 743. The van der Waals surface area contributed by atoms with Crippen molar-refractivity contribution in [2.24, 2.45) is 0 Å². The summed E-state index contributed by atoms with van der Waals surface area (Å²) in [6.07, 6.45) is 4.51. The second kappa shape index (κ2) is 8.22. The molecule has 0 aliphatic carbocycles. The van der Waals surface area contributed by atoms with Crippen LogP contribution in [0.3, 0.4) is 0 Å². The molecule has 1 atom stereocenters. The molecule has 2 aromatic rings. The second-order valence-electron chi connectivity index (χ2n) is 6.71. The zero-order valence-corrected chi connectivity index (χ0v) is 15.7. The highest BCUT2D eigenvalue weighted by atomic mass is 32.2. The van der Waals surface area contributed by atoms with Crippen LogP contribution in [0.25, 0.3) is 0 Å². The Morgan fingerprint density at radius 3 is 2.65 bits per heavy atom. The fourth-order valence-corrected chi connectivity index (χ4v) is 4.66. The molecule has 7 heteroatoms. The minimum atomic E-state index is -0.300. The molecule has 2 aliphatic heterocycles. The number of nitrogens with zero attached hydrogens (tertiary/aromatic N) is 4. The monoisotopic (exact) mass is 372 g/mol. The zero-order chi connectivity index (χ0) is 17.8. The van der Waals surface area contributed by atoms with E-state index >= 15 is 0 Å². The van der Waals surface area contributed by atoms with Gasteiger partial charge in [0, 0.05) is 26.1 Å². The summed E-state index contributed by atoms with van der Waals surface area (Å²) in [6.45, 7) is 3.47. The quantitative estimate of drug-likeness (QED) is 0.773. The van der Waals surface area contributed by atoms with Gasteiger partial charge in [0.05, 0.1) is 13.2 Å². The number of hydrogen-bond acceptors (Lipinski definition) is 5. The molecule has 1 saturated heterocycles. The Balaban J connectivity index is 1.61. The highest BCUT2D eigenvalue weighted by Gasteiger charge is 2.30. The van der Waals surface area contributed by atoms with Crippen LogP contribution in [0.4, 0.5) is 0 Å². The van der Waals surface area contributed by atoms with Crippen molar-refractivity contribution in [2.75, 3.05) is 26.3 Å². The topological polar surface area (TPSA) is 60.2 Å². The lowest BCUT2D eigenvalue weighted by atomic mass is 10.1. The van der Waals surface area contributed by atoms with Crippen molar-refractivity contribution in [3.63, 3.8) is 0 Å². The van der Waals surface area contributed by atoms with Gasteiger partial charge in [-0.3, -0.25) is 4.79 Å². The third-order valence-corrected chi connectivity index (χ3v) is 6.17. The van der Waals surface area contributed by atoms with Crippen molar-refractivity contribution >= 4 is 17.7 Å². The molecular formula is C19H24N4O2S. The summed E-state index contributed by atoms with van der Waals surface area (Å²) < 4.78 is 7.61. The predicted octanol–water partition coefficient (Wildman–Crippen LogP) is 2.70. The maximum atomic E-state index is 13.3. The lowest BCUT2D eigenvalue weighted by Crippen LogP contribution is -2.42. The average molecular weight is 372 g/mol. The number of benzene rings is 1. The number of carbonyl (C=O) groups excluding carboxylic acids is 1. The maximum absolute atomic E-state index is 13.3. The highest BCUT2D eigenvalue weighted by molar-refractivity contribution is 8.00. The van der Waals surface area contributed by atoms with Crippen LogP contribution in [0.5, 0.6) is 0 Å². The number of rotatable bonds is 4. The summed E-state index contributed by atoms with van der Waals surface area (Å²) in [7, 11) is 0. The van der Waals surface area contributed by atoms with Gasteiger partial charge in [-0.05, 0) is 18.4 Å². The summed E-state index contributed by atoms with van der Waals surface area (Å²) in [5.41, 5.74) is 1.01. The van der Waals surface area contributed by atoms with Gasteiger partial charge in [0.2, 0.25) is 5.91 Å². The molecule has 3 heterocycles. The normalized spacial score (nSPS) is 18.8. The molecule has 0 spiro atoms. The van der Waals surface area contributed by atoms with E-state index in [-0.39, 0.29) is 11.2 Å². The first-order valence-corrected chi connectivity index (χ1v) is 10.2. The lowest BCUT2D eigenvalue weighted by molar-refractivity contribution is -0.134. The third-order valence-electron chi connectivity index (χ3n) is 4.95. The van der Waals surface area contributed by atoms with Crippen LogP contribution >= 0.6 is 11.8 Å². The molecule has 2 aliphatic rings. The number of morpholine rings is 1. The van der Waals surface area contributed by atoms with Gasteiger partial charge in [-0.2, -0.15) is 0 Å². The number of aromatic nitrogens is 3. The van der Waals surface area contributed by atoms with E-state index in [2.05, 4.69) is 14.8 Å². The molecule has 0 saturated carbocycles. The number of aryl methyl sites for hydroxylation is 1. The zero-order valence-electron chi connectivity index (χ0n) is 14.8. The molecule has 4 rings (SSSR count). The van der Waals surface area contributed by atoms with Gasteiger partial charge in [0.1, 0.15) is 11.1 Å². The number of thioether (sulfide) groups is 1. The van der Waals surface area contributed by atoms with Crippen LogP contribution in [0, 0.1) is 0 Å². The molecule has 0 unspecified atom stereocenters. The van der Waals surface area contributed by atoms with E-state index in [4.69, 9.17) is 4.74 Å². The van der Waals surface area contributed by atoms with Crippen molar-refractivity contribution in [2.45, 2.75) is 42.6 Å². The van der Waals surface area contributed by atoms with Crippen LogP contribution in [0.15, 0.2) is 35.5 Å². The molecule has 138 valence electrons. The van der Waals surface area contributed by atoms with Crippen LogP contribution in [0.1, 0.15) is 35.9 Å². The third kappa shape index (κ3) is 3.78. The van der Waals surface area contributed by atoms with Gasteiger partial charge in [-0.15, -0.1) is 10.2 Å². The standard InChI is InChI=1S/C19H24N4O2S/c24-18(22-11-13-25-14-12-22)17(15-7-3-1-4-8-15)26-19-21-20-16-9-5-2-6-10-23(16)19/h1,3-4,7-8,17H,2,5-6,9-14H2/t17-/m1/s1. The summed E-state index contributed by atoms with van der Waals surface area (Å²) in [4.78, 5) is 15.2. The van der Waals surface area contributed by atoms with E-state index in [1.807, 2.05) is 35.2 Å². The molecule has 1 fully saturated rings. The summed E-state index contributed by atoms with van der Waals surface area (Å²) in [5.74, 6) is 1.19. The van der Waals surface area contributed by atoms with Crippen LogP contribution in [-0.2, 0) is 22.5 Å². The number of amides is 1. The van der Waals surface area contributed by atoms with Gasteiger partial charge in [-0.25, -0.2) is 0 Å². The molecule has 26 heavy (non-hydrogen) atoms. The van der Waals surface area contributed by atoms with Crippen LogP contribution in [-0.4, -0.2) is 51.9 Å². The molecule has 0 N–H and O–H groups in total. The van der Waals surface area contributed by atoms with E-state index in [1.165, 1.54) is 18.2 Å². The fraction of sp³-hybridized carbons (Fsp3) is 0.526. The molecule has 1 aromatic carbocycles. The number of carbonyl (C=O) groups is 1. The Hall–Kier alpha value is -1.86. The van der Waals surface area contributed by atoms with Crippen molar-refractivity contribution in [3.05, 3.63) is 41.7 Å². The number of ether oxygens (including phenoxy) is 1.